The van der Waals surface area contributed by atoms with E-state index in [9.17, 15) is 17.6 Å². The molecule has 0 aliphatic rings. The fourth-order valence-corrected chi connectivity index (χ4v) is 2.46. The Morgan fingerprint density at radius 3 is 2.79 bits per heavy atom. The topological polar surface area (TPSA) is 87.0 Å². The van der Waals surface area contributed by atoms with Crippen LogP contribution < -0.4 is 4.72 Å². The van der Waals surface area contributed by atoms with Gasteiger partial charge in [-0.05, 0) is 18.6 Å². The summed E-state index contributed by atoms with van der Waals surface area (Å²) in [6, 6.07) is 5.49. The number of hydrogen-bond acceptors (Lipinski definition) is 4. The molecule has 0 spiro atoms. The van der Waals surface area contributed by atoms with E-state index in [4.69, 9.17) is 16.9 Å². The van der Waals surface area contributed by atoms with Gasteiger partial charge >= 0.3 is 0 Å². The number of nitrogens with one attached hydrogen (secondary N) is 1. The van der Waals surface area contributed by atoms with Gasteiger partial charge in [0.05, 0.1) is 22.4 Å². The second-order valence-corrected chi connectivity index (χ2v) is 5.86. The van der Waals surface area contributed by atoms with Crippen LogP contribution in [-0.2, 0) is 10.0 Å². The maximum absolute atomic E-state index is 13.5. The van der Waals surface area contributed by atoms with E-state index in [1.165, 1.54) is 12.1 Å². The van der Waals surface area contributed by atoms with Gasteiger partial charge < -0.3 is 0 Å². The smallest absolute Gasteiger partial charge is 0.267 e. The molecule has 0 aliphatic heterocycles. The van der Waals surface area contributed by atoms with E-state index in [1.807, 2.05) is 0 Å². The van der Waals surface area contributed by atoms with Crippen molar-refractivity contribution < 1.29 is 17.6 Å². The summed E-state index contributed by atoms with van der Waals surface area (Å²) in [6.45, 7) is 0. The lowest BCUT2D eigenvalue weighted by atomic mass is 10.2. The molecule has 19 heavy (non-hydrogen) atoms. The molecule has 0 unspecified atom stereocenters. The Balaban J connectivity index is 2.80. The molecular weight excluding hydrogens is 295 g/mol. The molecule has 0 radical (unpaired) electrons. The second-order valence-electron chi connectivity index (χ2n) is 3.61. The van der Waals surface area contributed by atoms with Crippen molar-refractivity contribution in [3.05, 3.63) is 34.6 Å². The van der Waals surface area contributed by atoms with Gasteiger partial charge in [0.15, 0.2) is 5.82 Å². The van der Waals surface area contributed by atoms with Crippen LogP contribution in [0.4, 0.5) is 4.39 Å². The first kappa shape index (κ1) is 15.4. The van der Waals surface area contributed by atoms with Crippen LogP contribution in [0.15, 0.2) is 18.2 Å². The van der Waals surface area contributed by atoms with Gasteiger partial charge in [0.25, 0.3) is 5.91 Å². The van der Waals surface area contributed by atoms with Crippen LogP contribution in [0.1, 0.15) is 23.2 Å². The summed E-state index contributed by atoms with van der Waals surface area (Å²) in [6.07, 6.45) is 0.151. The van der Waals surface area contributed by atoms with E-state index in [2.05, 4.69) is 0 Å². The van der Waals surface area contributed by atoms with Crippen molar-refractivity contribution in [1.29, 1.82) is 5.26 Å². The number of benzene rings is 1. The fraction of sp³-hybridized carbons (Fsp3) is 0.273. The third-order valence-electron chi connectivity index (χ3n) is 2.15. The molecule has 0 fully saturated rings. The largest absolute Gasteiger partial charge is 0.268 e. The highest BCUT2D eigenvalue weighted by molar-refractivity contribution is 7.90. The van der Waals surface area contributed by atoms with E-state index in [0.29, 0.717) is 0 Å². The zero-order valence-corrected chi connectivity index (χ0v) is 11.3. The molecule has 0 bridgehead atoms. The number of amides is 1. The monoisotopic (exact) mass is 304 g/mol. The number of sulfonamides is 1. The van der Waals surface area contributed by atoms with Gasteiger partial charge in [-0.15, -0.1) is 0 Å². The Bertz CT molecular complexity index is 625. The van der Waals surface area contributed by atoms with Crippen molar-refractivity contribution in [2.24, 2.45) is 0 Å². The maximum Gasteiger partial charge on any atom is 0.267 e. The highest BCUT2D eigenvalue weighted by Crippen LogP contribution is 2.17. The summed E-state index contributed by atoms with van der Waals surface area (Å²) in [4.78, 5) is 11.6. The van der Waals surface area contributed by atoms with E-state index in [0.717, 1.165) is 6.07 Å². The Morgan fingerprint density at radius 1 is 1.47 bits per heavy atom. The molecule has 102 valence electrons. The van der Waals surface area contributed by atoms with Crippen molar-refractivity contribution in [2.45, 2.75) is 12.8 Å². The van der Waals surface area contributed by atoms with Gasteiger partial charge in [-0.1, -0.05) is 17.7 Å². The average molecular weight is 305 g/mol. The lowest BCUT2D eigenvalue weighted by Gasteiger charge is -2.07. The molecule has 8 heteroatoms. The standard InChI is InChI=1S/C11H10ClFN2O3S/c12-9-5-3-4-8(10(9)13)11(16)15-19(17,18)7-2-1-6-14/h3-5H,1-2,7H2,(H,15,16). The van der Waals surface area contributed by atoms with Crippen molar-refractivity contribution >= 4 is 27.5 Å². The molecule has 0 atom stereocenters. The summed E-state index contributed by atoms with van der Waals surface area (Å²) in [7, 11) is -3.89. The first-order chi connectivity index (χ1) is 8.87. The van der Waals surface area contributed by atoms with Crippen LogP contribution in [0.2, 0.25) is 5.02 Å². The molecular formula is C11H10ClFN2O3S. The van der Waals surface area contributed by atoms with Crippen LogP contribution in [-0.4, -0.2) is 20.1 Å². The molecule has 0 heterocycles. The summed E-state index contributed by atoms with van der Waals surface area (Å²) in [5.41, 5.74) is -0.448. The third-order valence-corrected chi connectivity index (χ3v) is 3.76. The van der Waals surface area contributed by atoms with Crippen LogP contribution in [0, 0.1) is 17.1 Å². The van der Waals surface area contributed by atoms with Crippen LogP contribution in [0.25, 0.3) is 0 Å². The number of rotatable bonds is 5. The predicted molar refractivity (Wildman–Crippen MR) is 67.5 cm³/mol. The SMILES string of the molecule is N#CCCCS(=O)(=O)NC(=O)c1cccc(Cl)c1F. The number of unbranched alkanes of at least 4 members (excludes halogenated alkanes) is 1. The normalized spacial score (nSPS) is 10.8. The zero-order chi connectivity index (χ0) is 14.5. The molecule has 0 aromatic heterocycles. The first-order valence-electron chi connectivity index (χ1n) is 5.23. The number of carbonyl (C=O) groups excluding carboxylic acids is 1. The van der Waals surface area contributed by atoms with Crippen molar-refractivity contribution in [3.63, 3.8) is 0 Å². The number of halogens is 2. The van der Waals surface area contributed by atoms with Gasteiger partial charge in [-0.25, -0.2) is 17.5 Å². The van der Waals surface area contributed by atoms with Crippen LogP contribution in [0.3, 0.4) is 0 Å². The van der Waals surface area contributed by atoms with Crippen molar-refractivity contribution in [2.75, 3.05) is 5.75 Å². The third kappa shape index (κ3) is 4.50. The molecule has 0 saturated heterocycles. The highest BCUT2D eigenvalue weighted by Gasteiger charge is 2.19. The Kier molecular flexibility index (Phi) is 5.27. The molecule has 0 aliphatic carbocycles. The molecule has 1 amide bonds. The summed E-state index contributed by atoms with van der Waals surface area (Å²) < 4.78 is 38.2. The zero-order valence-electron chi connectivity index (χ0n) is 9.69. The Hall–Kier alpha value is -1.65. The van der Waals surface area contributed by atoms with E-state index in [-0.39, 0.29) is 23.6 Å². The number of nitrogens with zero attached hydrogens (tertiary/aromatic N) is 1. The van der Waals surface area contributed by atoms with Crippen molar-refractivity contribution in [1.82, 2.24) is 4.72 Å². The minimum atomic E-state index is -3.89. The van der Waals surface area contributed by atoms with Gasteiger partial charge in [0, 0.05) is 6.42 Å². The lowest BCUT2D eigenvalue weighted by molar-refractivity contribution is 0.0977. The predicted octanol–water partition coefficient (Wildman–Crippen LogP) is 1.84. The summed E-state index contributed by atoms with van der Waals surface area (Å²) in [5.74, 6) is -2.44. The van der Waals surface area contributed by atoms with E-state index in [1.54, 1.807) is 10.8 Å². The van der Waals surface area contributed by atoms with E-state index >= 15 is 0 Å². The molecule has 0 saturated carbocycles. The quantitative estimate of drug-likeness (QED) is 0.841. The molecule has 1 aromatic carbocycles. The molecule has 1 aromatic rings. The van der Waals surface area contributed by atoms with Crippen LogP contribution in [0.5, 0.6) is 0 Å². The van der Waals surface area contributed by atoms with Crippen LogP contribution >= 0.6 is 11.6 Å². The van der Waals surface area contributed by atoms with Crippen molar-refractivity contribution in [3.8, 4) is 6.07 Å². The summed E-state index contributed by atoms with van der Waals surface area (Å²) >= 11 is 5.49. The minimum Gasteiger partial charge on any atom is -0.268 e. The Labute approximate surface area is 115 Å². The maximum atomic E-state index is 13.5. The van der Waals surface area contributed by atoms with E-state index < -0.39 is 27.3 Å². The fourth-order valence-electron chi connectivity index (χ4n) is 1.27. The Morgan fingerprint density at radius 2 is 2.16 bits per heavy atom. The van der Waals surface area contributed by atoms with Gasteiger partial charge in [0.2, 0.25) is 10.0 Å². The highest BCUT2D eigenvalue weighted by atomic mass is 35.5. The molecule has 1 rings (SSSR count). The lowest BCUT2D eigenvalue weighted by Crippen LogP contribution is -2.33. The second kappa shape index (κ2) is 6.50. The molecule has 1 N–H and O–H groups in total. The summed E-state index contributed by atoms with van der Waals surface area (Å²) in [5, 5.41) is 8.02. The van der Waals surface area contributed by atoms with Gasteiger partial charge in [0.1, 0.15) is 0 Å². The number of carbonyl (C=O) groups is 1. The number of hydrogen-bond donors (Lipinski definition) is 1. The first-order valence-corrected chi connectivity index (χ1v) is 7.26. The average Bonchev–Trinajstić information content (AvgIpc) is 2.32. The van der Waals surface area contributed by atoms with Gasteiger partial charge in [-0.3, -0.25) is 4.79 Å². The van der Waals surface area contributed by atoms with Gasteiger partial charge in [-0.2, -0.15) is 5.26 Å². The minimum absolute atomic E-state index is 0.0562. The number of nitriles is 1. The molecule has 5 nitrogen and oxygen atoms in total.